The molecule has 0 saturated heterocycles. The maximum absolute atomic E-state index is 13.9. The van der Waals surface area contributed by atoms with Crippen LogP contribution in [-0.2, 0) is 4.79 Å². The number of hydrogen-bond acceptors (Lipinski definition) is 2. The van der Waals surface area contributed by atoms with Crippen molar-refractivity contribution in [3.63, 3.8) is 0 Å². The van der Waals surface area contributed by atoms with Gasteiger partial charge in [-0.25, -0.2) is 0 Å². The van der Waals surface area contributed by atoms with E-state index < -0.39 is 0 Å². The van der Waals surface area contributed by atoms with Gasteiger partial charge in [0.15, 0.2) is 0 Å². The Balaban J connectivity index is 1.65. The quantitative estimate of drug-likeness (QED) is 0.556. The molecule has 0 aromatic heterocycles. The first kappa shape index (κ1) is 20.4. The molecule has 0 N–H and O–H groups in total. The fourth-order valence-electron chi connectivity index (χ4n) is 6.06. The Kier molecular flexibility index (Phi) is 5.60. The van der Waals surface area contributed by atoms with Crippen LogP contribution < -0.4 is 4.90 Å². The number of carbonyl (C=O) groups is 1. The van der Waals surface area contributed by atoms with Crippen molar-refractivity contribution in [2.24, 2.45) is 11.8 Å². The zero-order valence-corrected chi connectivity index (χ0v) is 18.8. The van der Waals surface area contributed by atoms with Crippen LogP contribution in [0.2, 0.25) is 0 Å². The molecular formula is C28H34N2O. The minimum atomic E-state index is -0.00894. The third-order valence-electron chi connectivity index (χ3n) is 7.91. The van der Waals surface area contributed by atoms with E-state index in [1.165, 1.54) is 24.8 Å². The number of anilines is 2. The molecule has 2 aliphatic carbocycles. The molecule has 31 heavy (non-hydrogen) atoms. The van der Waals surface area contributed by atoms with Gasteiger partial charge in [-0.1, -0.05) is 63.1 Å². The van der Waals surface area contributed by atoms with Crippen LogP contribution in [0.15, 0.2) is 71.8 Å². The Morgan fingerprint density at radius 1 is 0.806 bits per heavy atom. The van der Waals surface area contributed by atoms with Crippen LogP contribution >= 0.6 is 0 Å². The minimum absolute atomic E-state index is 0.00894. The normalized spacial score (nSPS) is 28.6. The minimum Gasteiger partial charge on any atom is -0.317 e. The molecule has 0 spiro atoms. The van der Waals surface area contributed by atoms with E-state index in [9.17, 15) is 4.79 Å². The van der Waals surface area contributed by atoms with Crippen molar-refractivity contribution in [1.29, 1.82) is 0 Å². The second-order valence-corrected chi connectivity index (χ2v) is 9.67. The molecule has 1 amide bonds. The molecule has 3 aliphatic rings. The second kappa shape index (κ2) is 8.53. The van der Waals surface area contributed by atoms with Crippen LogP contribution in [0.25, 0.3) is 0 Å². The van der Waals surface area contributed by atoms with E-state index in [0.717, 1.165) is 42.6 Å². The van der Waals surface area contributed by atoms with Gasteiger partial charge in [0.1, 0.15) is 6.17 Å². The zero-order chi connectivity index (χ0) is 21.4. The highest BCUT2D eigenvalue weighted by Crippen LogP contribution is 2.46. The van der Waals surface area contributed by atoms with Crippen LogP contribution in [0.5, 0.6) is 0 Å². The summed E-state index contributed by atoms with van der Waals surface area (Å²) in [6.45, 7) is 4.73. The van der Waals surface area contributed by atoms with Crippen molar-refractivity contribution in [2.45, 2.75) is 71.0 Å². The molecule has 1 heterocycles. The highest BCUT2D eigenvalue weighted by Gasteiger charge is 2.48. The Bertz CT molecular complexity index is 912. The average Bonchev–Trinajstić information content (AvgIpc) is 3.10. The molecule has 0 radical (unpaired) electrons. The van der Waals surface area contributed by atoms with Gasteiger partial charge < -0.3 is 9.80 Å². The van der Waals surface area contributed by atoms with Crippen LogP contribution in [0, 0.1) is 11.8 Å². The monoisotopic (exact) mass is 414 g/mol. The van der Waals surface area contributed by atoms with Crippen LogP contribution in [0.3, 0.4) is 0 Å². The van der Waals surface area contributed by atoms with E-state index in [0.29, 0.717) is 23.8 Å². The molecule has 2 aromatic carbocycles. The van der Waals surface area contributed by atoms with Crippen LogP contribution in [0.1, 0.15) is 58.8 Å². The first-order chi connectivity index (χ1) is 15.2. The smallest absolute Gasteiger partial charge is 0.252 e. The highest BCUT2D eigenvalue weighted by atomic mass is 16.2. The lowest BCUT2D eigenvalue weighted by Gasteiger charge is -2.46. The summed E-state index contributed by atoms with van der Waals surface area (Å²) in [5, 5.41) is 0. The first-order valence-electron chi connectivity index (χ1n) is 12.1. The molecule has 1 aliphatic heterocycles. The van der Waals surface area contributed by atoms with Crippen molar-refractivity contribution < 1.29 is 4.79 Å². The predicted octanol–water partition coefficient (Wildman–Crippen LogP) is 6.69. The standard InChI is InChI=1S/C28H34N2O/c1-20-12-11-19-26(21(20)2)30-27(24-17-9-10-18-25(24)28(30)31)29(22-13-5-3-6-14-22)23-15-7-4-8-16-23/h3-8,13-16,20-21,26-27H,9-12,17-19H2,1-2H3. The summed E-state index contributed by atoms with van der Waals surface area (Å²) < 4.78 is 0. The summed E-state index contributed by atoms with van der Waals surface area (Å²) in [5.41, 5.74) is 4.80. The number of para-hydroxylation sites is 2. The van der Waals surface area contributed by atoms with Crippen molar-refractivity contribution in [3.05, 3.63) is 71.8 Å². The molecule has 1 saturated carbocycles. The summed E-state index contributed by atoms with van der Waals surface area (Å²) in [4.78, 5) is 18.6. The Hall–Kier alpha value is -2.55. The van der Waals surface area contributed by atoms with Gasteiger partial charge in [0, 0.05) is 23.0 Å². The first-order valence-corrected chi connectivity index (χ1v) is 12.1. The lowest BCUT2D eigenvalue weighted by Crippen LogP contribution is -2.54. The summed E-state index contributed by atoms with van der Waals surface area (Å²) in [6, 6.07) is 21.6. The van der Waals surface area contributed by atoms with E-state index in [2.05, 4.69) is 84.3 Å². The van der Waals surface area contributed by atoms with Crippen molar-refractivity contribution in [3.8, 4) is 0 Å². The van der Waals surface area contributed by atoms with Crippen LogP contribution in [0.4, 0.5) is 11.4 Å². The van der Waals surface area contributed by atoms with Gasteiger partial charge in [-0.05, 0) is 73.8 Å². The second-order valence-electron chi connectivity index (χ2n) is 9.67. The SMILES string of the molecule is CC1CCCC(N2C(=O)C3=C(CCCC3)C2N(c2ccccc2)c2ccccc2)C1C. The fourth-order valence-corrected chi connectivity index (χ4v) is 6.06. The maximum atomic E-state index is 13.9. The summed E-state index contributed by atoms with van der Waals surface area (Å²) in [7, 11) is 0. The topological polar surface area (TPSA) is 23.6 Å². The number of nitrogens with zero attached hydrogens (tertiary/aromatic N) is 2. The van der Waals surface area contributed by atoms with Crippen molar-refractivity contribution in [2.75, 3.05) is 4.90 Å². The van der Waals surface area contributed by atoms with E-state index in [1.54, 1.807) is 0 Å². The molecule has 5 rings (SSSR count). The molecule has 2 aromatic rings. The van der Waals surface area contributed by atoms with E-state index >= 15 is 0 Å². The average molecular weight is 415 g/mol. The summed E-state index contributed by atoms with van der Waals surface area (Å²) in [5.74, 6) is 1.49. The Labute approximate surface area is 186 Å². The molecule has 4 unspecified atom stereocenters. The lowest BCUT2D eigenvalue weighted by molar-refractivity contribution is -0.131. The van der Waals surface area contributed by atoms with Gasteiger partial charge in [0.05, 0.1) is 0 Å². The van der Waals surface area contributed by atoms with Crippen molar-refractivity contribution in [1.82, 2.24) is 4.90 Å². The largest absolute Gasteiger partial charge is 0.317 e. The van der Waals surface area contributed by atoms with E-state index in [1.807, 2.05) is 0 Å². The number of amides is 1. The van der Waals surface area contributed by atoms with E-state index in [-0.39, 0.29) is 6.17 Å². The zero-order valence-electron chi connectivity index (χ0n) is 18.8. The highest BCUT2D eigenvalue weighted by molar-refractivity contribution is 5.99. The maximum Gasteiger partial charge on any atom is 0.252 e. The molecule has 162 valence electrons. The number of rotatable bonds is 4. The molecule has 1 fully saturated rings. The molecular weight excluding hydrogens is 380 g/mol. The van der Waals surface area contributed by atoms with Gasteiger partial charge in [-0.15, -0.1) is 0 Å². The molecule has 0 bridgehead atoms. The Morgan fingerprint density at radius 2 is 1.42 bits per heavy atom. The molecule has 4 atom stereocenters. The van der Waals surface area contributed by atoms with Crippen molar-refractivity contribution >= 4 is 17.3 Å². The third-order valence-corrected chi connectivity index (χ3v) is 7.91. The fraction of sp³-hybridized carbons (Fsp3) is 0.464. The van der Waals surface area contributed by atoms with Gasteiger partial charge in [-0.3, -0.25) is 4.79 Å². The number of hydrogen-bond donors (Lipinski definition) is 0. The third kappa shape index (κ3) is 3.58. The summed E-state index contributed by atoms with van der Waals surface area (Å²) >= 11 is 0. The van der Waals surface area contributed by atoms with Gasteiger partial charge in [-0.2, -0.15) is 0 Å². The number of carbonyl (C=O) groups excluding carboxylic acids is 1. The lowest BCUT2D eigenvalue weighted by atomic mass is 9.77. The predicted molar refractivity (Wildman–Crippen MR) is 127 cm³/mol. The Morgan fingerprint density at radius 3 is 2.06 bits per heavy atom. The molecule has 3 heteroatoms. The van der Waals surface area contributed by atoms with E-state index in [4.69, 9.17) is 0 Å². The van der Waals surface area contributed by atoms with Gasteiger partial charge in [0.25, 0.3) is 5.91 Å². The van der Waals surface area contributed by atoms with Gasteiger partial charge >= 0.3 is 0 Å². The van der Waals surface area contributed by atoms with Gasteiger partial charge in [0.2, 0.25) is 0 Å². The van der Waals surface area contributed by atoms with Crippen LogP contribution in [-0.4, -0.2) is 23.0 Å². The number of benzene rings is 2. The summed E-state index contributed by atoms with van der Waals surface area (Å²) in [6.07, 6.45) is 7.90. The molecule has 3 nitrogen and oxygen atoms in total.